The second-order valence-electron chi connectivity index (χ2n) is 6.31. The summed E-state index contributed by atoms with van der Waals surface area (Å²) in [6.07, 6.45) is 5.34. The van der Waals surface area contributed by atoms with Crippen molar-refractivity contribution in [1.82, 2.24) is 9.55 Å². The summed E-state index contributed by atoms with van der Waals surface area (Å²) in [6, 6.07) is 0. The Bertz CT molecular complexity index is 828. The summed E-state index contributed by atoms with van der Waals surface area (Å²) in [7, 11) is 0. The zero-order valence-electron chi connectivity index (χ0n) is 12.9. The molecule has 0 bridgehead atoms. The van der Waals surface area contributed by atoms with Crippen molar-refractivity contribution in [1.29, 1.82) is 0 Å². The molecule has 0 aliphatic heterocycles. The Morgan fingerprint density at radius 2 is 2.13 bits per heavy atom. The van der Waals surface area contributed by atoms with Gasteiger partial charge in [0.1, 0.15) is 9.16 Å². The number of hydrogen-bond acceptors (Lipinski definition) is 4. The zero-order valence-corrected chi connectivity index (χ0v) is 16.0. The van der Waals surface area contributed by atoms with Crippen LogP contribution in [0.3, 0.4) is 0 Å². The molecule has 1 saturated carbocycles. The van der Waals surface area contributed by atoms with Crippen molar-refractivity contribution in [2.75, 3.05) is 5.75 Å². The molecule has 2 aromatic heterocycles. The molecule has 2 aromatic rings. The van der Waals surface area contributed by atoms with Gasteiger partial charge in [0.2, 0.25) is 0 Å². The van der Waals surface area contributed by atoms with Crippen LogP contribution < -0.4 is 5.56 Å². The third-order valence-electron chi connectivity index (χ3n) is 4.73. The number of nitrogens with zero attached hydrogens (tertiary/aromatic N) is 2. The average molecular weight is 389 g/mol. The van der Waals surface area contributed by atoms with Crippen LogP contribution in [-0.2, 0) is 19.4 Å². The molecule has 4 rings (SSSR count). The van der Waals surface area contributed by atoms with Crippen LogP contribution in [0.15, 0.2) is 9.95 Å². The van der Waals surface area contributed by atoms with Gasteiger partial charge in [-0.25, -0.2) is 4.98 Å². The first-order valence-corrected chi connectivity index (χ1v) is 10.6. The molecule has 124 valence electrons. The first-order chi connectivity index (χ1) is 11.0. The number of fused-ring (bicyclic) bond motifs is 3. The number of alkyl halides is 2. The van der Waals surface area contributed by atoms with Gasteiger partial charge in [-0.3, -0.25) is 9.36 Å². The number of hydrogen-bond donors (Lipinski definition) is 0. The maximum atomic E-state index is 13.0. The van der Waals surface area contributed by atoms with Gasteiger partial charge < -0.3 is 0 Å². The van der Waals surface area contributed by atoms with Crippen LogP contribution in [0.4, 0.5) is 0 Å². The highest BCUT2D eigenvalue weighted by atomic mass is 35.5. The largest absolute Gasteiger partial charge is 0.287 e. The molecule has 0 amide bonds. The molecule has 7 heteroatoms. The highest BCUT2D eigenvalue weighted by Gasteiger charge is 2.51. The van der Waals surface area contributed by atoms with E-state index in [-0.39, 0.29) is 5.56 Å². The van der Waals surface area contributed by atoms with Crippen molar-refractivity contribution < 1.29 is 0 Å². The number of halogens is 2. The van der Waals surface area contributed by atoms with E-state index < -0.39 is 4.33 Å². The van der Waals surface area contributed by atoms with E-state index in [2.05, 4.69) is 0 Å². The molecule has 1 fully saturated rings. The Morgan fingerprint density at radius 1 is 1.39 bits per heavy atom. The van der Waals surface area contributed by atoms with E-state index >= 15 is 0 Å². The summed E-state index contributed by atoms with van der Waals surface area (Å²) in [6.45, 7) is 2.65. The topological polar surface area (TPSA) is 34.9 Å². The molecule has 23 heavy (non-hydrogen) atoms. The summed E-state index contributed by atoms with van der Waals surface area (Å²) in [5.74, 6) is 1.11. The molecule has 0 saturated heterocycles. The van der Waals surface area contributed by atoms with Crippen LogP contribution in [0.1, 0.15) is 36.6 Å². The molecule has 0 spiro atoms. The van der Waals surface area contributed by atoms with E-state index in [1.54, 1.807) is 27.7 Å². The Balaban J connectivity index is 1.74. The molecule has 3 nitrogen and oxygen atoms in total. The first-order valence-electron chi connectivity index (χ1n) is 8.07. The number of thiophene rings is 1. The maximum absolute atomic E-state index is 13.0. The minimum atomic E-state index is -0.573. The highest BCUT2D eigenvalue weighted by molar-refractivity contribution is 7.99. The summed E-state index contributed by atoms with van der Waals surface area (Å²) in [4.78, 5) is 20.1. The predicted octanol–water partition coefficient (Wildman–Crippen LogP) is 4.64. The van der Waals surface area contributed by atoms with E-state index in [4.69, 9.17) is 28.2 Å². The van der Waals surface area contributed by atoms with Crippen molar-refractivity contribution in [3.63, 3.8) is 0 Å². The minimum Gasteiger partial charge on any atom is -0.287 e. The van der Waals surface area contributed by atoms with Gasteiger partial charge in [0.05, 0.1) is 5.39 Å². The number of aromatic nitrogens is 2. The first kappa shape index (κ1) is 16.2. The van der Waals surface area contributed by atoms with E-state index in [0.717, 1.165) is 40.4 Å². The summed E-state index contributed by atoms with van der Waals surface area (Å²) in [5, 5.41) is 1.67. The molecule has 1 atom stereocenters. The van der Waals surface area contributed by atoms with E-state index in [1.165, 1.54) is 23.3 Å². The fraction of sp³-hybridized carbons (Fsp3) is 0.625. The standard InChI is InChI=1S/C16H18Cl2N2OS2/c1-2-20-14(21)12-10-5-3-4-6-11(10)23-13(12)19-15(20)22-8-9-7-16(9,17)18/h9H,2-8H2,1H3/t9-/m1/s1. The summed E-state index contributed by atoms with van der Waals surface area (Å²) in [5.41, 5.74) is 1.38. The molecular formula is C16H18Cl2N2OS2. The quantitative estimate of drug-likeness (QED) is 0.434. The Labute approximate surface area is 153 Å². The normalized spacial score (nSPS) is 22.3. The van der Waals surface area contributed by atoms with Crippen LogP contribution in [0.25, 0.3) is 10.2 Å². The highest BCUT2D eigenvalue weighted by Crippen LogP contribution is 2.54. The predicted molar refractivity (Wildman–Crippen MR) is 99.5 cm³/mol. The molecule has 0 unspecified atom stereocenters. The van der Waals surface area contributed by atoms with Crippen LogP contribution in [0.5, 0.6) is 0 Å². The van der Waals surface area contributed by atoms with Crippen LogP contribution >= 0.6 is 46.3 Å². The molecule has 2 heterocycles. The molecule has 0 N–H and O–H groups in total. The third-order valence-corrected chi connectivity index (χ3v) is 7.98. The van der Waals surface area contributed by atoms with Crippen molar-refractivity contribution in [2.45, 2.75) is 55.1 Å². The number of aryl methyl sites for hydroxylation is 2. The van der Waals surface area contributed by atoms with Gasteiger partial charge in [0, 0.05) is 23.1 Å². The molecular weight excluding hydrogens is 371 g/mol. The lowest BCUT2D eigenvalue weighted by atomic mass is 9.97. The fourth-order valence-corrected chi connectivity index (χ4v) is 6.53. The molecule has 0 aromatic carbocycles. The van der Waals surface area contributed by atoms with E-state index in [9.17, 15) is 4.79 Å². The second kappa shape index (κ2) is 5.94. The third kappa shape index (κ3) is 2.84. The SMILES string of the molecule is CCn1c(SC[C@H]2CC2(Cl)Cl)nc2sc3c(c2c1=O)CCCC3. The van der Waals surface area contributed by atoms with Crippen molar-refractivity contribution in [3.8, 4) is 0 Å². The van der Waals surface area contributed by atoms with Crippen molar-refractivity contribution in [3.05, 3.63) is 20.8 Å². The van der Waals surface area contributed by atoms with Gasteiger partial charge in [-0.05, 0) is 44.6 Å². The van der Waals surface area contributed by atoms with Gasteiger partial charge in [-0.2, -0.15) is 0 Å². The lowest BCUT2D eigenvalue weighted by Gasteiger charge is -2.12. The molecule has 2 aliphatic carbocycles. The van der Waals surface area contributed by atoms with E-state index in [0.29, 0.717) is 12.5 Å². The number of rotatable bonds is 4. The lowest BCUT2D eigenvalue weighted by Crippen LogP contribution is -2.23. The van der Waals surface area contributed by atoms with Crippen molar-refractivity contribution in [2.24, 2.45) is 5.92 Å². The van der Waals surface area contributed by atoms with Crippen LogP contribution in [0, 0.1) is 5.92 Å². The summed E-state index contributed by atoms with van der Waals surface area (Å²) < 4.78 is 1.23. The van der Waals surface area contributed by atoms with Gasteiger partial charge >= 0.3 is 0 Å². The fourth-order valence-electron chi connectivity index (χ4n) is 3.23. The van der Waals surface area contributed by atoms with Gasteiger partial charge in [-0.15, -0.1) is 34.5 Å². The number of thioether (sulfide) groups is 1. The average Bonchev–Trinajstić information content (AvgIpc) is 2.97. The zero-order chi connectivity index (χ0) is 16.2. The maximum Gasteiger partial charge on any atom is 0.263 e. The summed E-state index contributed by atoms with van der Waals surface area (Å²) >= 11 is 15.5. The second-order valence-corrected chi connectivity index (χ2v) is 9.92. The lowest BCUT2D eigenvalue weighted by molar-refractivity contribution is 0.633. The molecule has 0 radical (unpaired) electrons. The van der Waals surface area contributed by atoms with Gasteiger partial charge in [0.25, 0.3) is 5.56 Å². The van der Waals surface area contributed by atoms with Gasteiger partial charge in [-0.1, -0.05) is 11.8 Å². The smallest absolute Gasteiger partial charge is 0.263 e. The Morgan fingerprint density at radius 3 is 2.83 bits per heavy atom. The Hall–Kier alpha value is -0.230. The Kier molecular flexibility index (Phi) is 4.20. The molecule has 2 aliphatic rings. The van der Waals surface area contributed by atoms with Crippen molar-refractivity contribution >= 4 is 56.5 Å². The van der Waals surface area contributed by atoms with Crippen LogP contribution in [0.2, 0.25) is 0 Å². The van der Waals surface area contributed by atoms with Gasteiger partial charge in [0.15, 0.2) is 5.16 Å². The monoisotopic (exact) mass is 388 g/mol. The minimum absolute atomic E-state index is 0.123. The van der Waals surface area contributed by atoms with Crippen LogP contribution in [-0.4, -0.2) is 19.6 Å². The van der Waals surface area contributed by atoms with E-state index in [1.807, 2.05) is 6.92 Å².